The Morgan fingerprint density at radius 2 is 2.10 bits per heavy atom. The zero-order valence-corrected chi connectivity index (χ0v) is 18.5. The second kappa shape index (κ2) is 9.47. The average molecular weight is 467 g/mol. The summed E-state index contributed by atoms with van der Waals surface area (Å²) in [4.78, 5) is 27.4. The average Bonchev–Trinajstić information content (AvgIpc) is 3.17. The van der Waals surface area contributed by atoms with Gasteiger partial charge in [-0.1, -0.05) is 0 Å². The van der Waals surface area contributed by atoms with Gasteiger partial charge in [0.1, 0.15) is 22.2 Å². The molecule has 5 rings (SSSR count). The highest BCUT2D eigenvalue weighted by Gasteiger charge is 2.23. The van der Waals surface area contributed by atoms with E-state index in [1.54, 1.807) is 6.07 Å². The second-order valence-electron chi connectivity index (χ2n) is 7.53. The first kappa shape index (κ1) is 21.9. The van der Waals surface area contributed by atoms with Crippen molar-refractivity contribution < 1.29 is 9.13 Å². The van der Waals surface area contributed by atoms with Gasteiger partial charge < -0.3 is 20.3 Å². The first-order valence-electron chi connectivity index (χ1n) is 10.2. The van der Waals surface area contributed by atoms with Crippen molar-refractivity contribution >= 4 is 45.7 Å². The van der Waals surface area contributed by atoms with Crippen molar-refractivity contribution in [1.82, 2.24) is 20.3 Å². The molecule has 1 unspecified atom stereocenters. The molecular formula is C20H24ClFN6O2S. The van der Waals surface area contributed by atoms with Crippen molar-refractivity contribution in [2.45, 2.75) is 18.9 Å². The van der Waals surface area contributed by atoms with Gasteiger partial charge in [0, 0.05) is 31.7 Å². The number of hydrogen-bond acceptors (Lipinski definition) is 8. The van der Waals surface area contributed by atoms with Crippen LogP contribution in [0.25, 0.3) is 20.8 Å². The van der Waals surface area contributed by atoms with Gasteiger partial charge >= 0.3 is 0 Å². The van der Waals surface area contributed by atoms with Gasteiger partial charge in [-0.15, -0.1) is 23.7 Å². The fourth-order valence-electron chi connectivity index (χ4n) is 3.86. The summed E-state index contributed by atoms with van der Waals surface area (Å²) in [6.45, 7) is 4.36. The number of benzene rings is 1. The first-order valence-corrected chi connectivity index (χ1v) is 11.0. The highest BCUT2D eigenvalue weighted by molar-refractivity contribution is 7.21. The molecule has 2 aliphatic heterocycles. The molecule has 4 heterocycles. The van der Waals surface area contributed by atoms with E-state index in [9.17, 15) is 9.18 Å². The van der Waals surface area contributed by atoms with Crippen LogP contribution in [-0.4, -0.2) is 60.4 Å². The van der Waals surface area contributed by atoms with E-state index in [0.717, 1.165) is 30.6 Å². The third kappa shape index (κ3) is 4.67. The van der Waals surface area contributed by atoms with Gasteiger partial charge in [0.05, 0.1) is 23.4 Å². The summed E-state index contributed by atoms with van der Waals surface area (Å²) in [5.74, 6) is 0.708. The lowest BCUT2D eigenvalue weighted by Crippen LogP contribution is -2.40. The molecule has 2 fully saturated rings. The number of fused-ring (bicyclic) bond motifs is 1. The standard InChI is InChI=1S/C20H23FN6O2S.ClH/c21-12-3-4-15-14(10-12)24-19(30-15)16-17(23-13-2-1-5-22-11-13)25-20(26-18(16)28)27-6-8-29-9-7-27;/h3-4,10,13,22H,1-2,5-9,11H2,(H2,23,25,26,28);1H. The number of ether oxygens (including phenoxy) is 1. The molecule has 2 aliphatic rings. The lowest BCUT2D eigenvalue weighted by atomic mass is 10.1. The molecule has 1 atom stereocenters. The number of aromatic amines is 1. The minimum Gasteiger partial charge on any atom is -0.378 e. The van der Waals surface area contributed by atoms with Crippen LogP contribution >= 0.6 is 23.7 Å². The maximum atomic E-state index is 13.6. The smallest absolute Gasteiger partial charge is 0.264 e. The topological polar surface area (TPSA) is 95.2 Å². The Balaban J connectivity index is 0.00000231. The maximum Gasteiger partial charge on any atom is 0.264 e. The number of rotatable bonds is 4. The Labute approximate surface area is 188 Å². The molecule has 2 aromatic heterocycles. The molecule has 0 aliphatic carbocycles. The van der Waals surface area contributed by atoms with Gasteiger partial charge in [0.15, 0.2) is 0 Å². The number of halogens is 2. The van der Waals surface area contributed by atoms with Crippen molar-refractivity contribution in [1.29, 1.82) is 0 Å². The quantitative estimate of drug-likeness (QED) is 0.544. The molecule has 8 nitrogen and oxygen atoms in total. The molecule has 3 aromatic rings. The predicted molar refractivity (Wildman–Crippen MR) is 123 cm³/mol. The molecule has 0 amide bonds. The molecule has 1 aromatic carbocycles. The number of anilines is 2. The number of nitrogens with zero attached hydrogens (tertiary/aromatic N) is 3. The molecule has 166 valence electrons. The largest absolute Gasteiger partial charge is 0.378 e. The van der Waals surface area contributed by atoms with E-state index in [4.69, 9.17) is 9.72 Å². The summed E-state index contributed by atoms with van der Waals surface area (Å²) in [6, 6.07) is 4.66. The van der Waals surface area contributed by atoms with Gasteiger partial charge in [-0.25, -0.2) is 9.37 Å². The molecule has 0 bridgehead atoms. The Bertz CT molecular complexity index is 1110. The zero-order valence-electron chi connectivity index (χ0n) is 16.8. The predicted octanol–water partition coefficient (Wildman–Crippen LogP) is 2.61. The molecule has 31 heavy (non-hydrogen) atoms. The van der Waals surface area contributed by atoms with Crippen LogP contribution in [-0.2, 0) is 4.74 Å². The van der Waals surface area contributed by atoms with Crippen LogP contribution in [0.2, 0.25) is 0 Å². The van der Waals surface area contributed by atoms with Crippen LogP contribution in [0.3, 0.4) is 0 Å². The maximum absolute atomic E-state index is 13.6. The highest BCUT2D eigenvalue weighted by atomic mass is 35.5. The monoisotopic (exact) mass is 466 g/mol. The van der Waals surface area contributed by atoms with Crippen LogP contribution in [0.15, 0.2) is 23.0 Å². The second-order valence-corrected chi connectivity index (χ2v) is 8.56. The number of hydrogen-bond donors (Lipinski definition) is 3. The number of aromatic nitrogens is 3. The zero-order chi connectivity index (χ0) is 20.5. The van der Waals surface area contributed by atoms with E-state index in [0.29, 0.717) is 54.2 Å². The Morgan fingerprint density at radius 1 is 1.26 bits per heavy atom. The molecule has 3 N–H and O–H groups in total. The SMILES string of the molecule is Cl.O=c1[nH]c(N2CCOCC2)nc(NC2CCCNC2)c1-c1nc2cc(F)ccc2s1. The summed E-state index contributed by atoms with van der Waals surface area (Å²) in [5, 5.41) is 7.37. The molecule has 0 saturated carbocycles. The molecule has 11 heteroatoms. The lowest BCUT2D eigenvalue weighted by molar-refractivity contribution is 0.122. The number of piperidine rings is 1. The fourth-order valence-corrected chi connectivity index (χ4v) is 4.85. The summed E-state index contributed by atoms with van der Waals surface area (Å²) >= 11 is 1.36. The van der Waals surface area contributed by atoms with E-state index < -0.39 is 0 Å². The normalized spacial score (nSPS) is 19.3. The van der Waals surface area contributed by atoms with Gasteiger partial charge in [-0.3, -0.25) is 9.78 Å². The molecule has 0 radical (unpaired) electrons. The Hall–Kier alpha value is -2.27. The van der Waals surface area contributed by atoms with Crippen molar-refractivity contribution in [3.8, 4) is 10.6 Å². The summed E-state index contributed by atoms with van der Waals surface area (Å²) in [6.07, 6.45) is 2.06. The number of morpholine rings is 1. The minimum absolute atomic E-state index is 0. The molecule has 0 spiro atoms. The first-order chi connectivity index (χ1) is 14.7. The van der Waals surface area contributed by atoms with Crippen LogP contribution in [0.1, 0.15) is 12.8 Å². The van der Waals surface area contributed by atoms with E-state index in [2.05, 4.69) is 20.6 Å². The van der Waals surface area contributed by atoms with E-state index in [1.165, 1.54) is 23.5 Å². The van der Waals surface area contributed by atoms with Gasteiger partial charge in [0.25, 0.3) is 5.56 Å². The van der Waals surface area contributed by atoms with E-state index in [1.807, 2.05) is 4.90 Å². The Morgan fingerprint density at radius 3 is 2.87 bits per heavy atom. The van der Waals surface area contributed by atoms with Crippen molar-refractivity contribution in [2.75, 3.05) is 49.6 Å². The summed E-state index contributed by atoms with van der Waals surface area (Å²) < 4.78 is 19.9. The van der Waals surface area contributed by atoms with Gasteiger partial charge in [-0.2, -0.15) is 4.98 Å². The van der Waals surface area contributed by atoms with Gasteiger partial charge in [-0.05, 0) is 31.5 Å². The van der Waals surface area contributed by atoms with Crippen LogP contribution in [0.4, 0.5) is 16.2 Å². The highest BCUT2D eigenvalue weighted by Crippen LogP contribution is 2.33. The number of thiazole rings is 1. The molecular weight excluding hydrogens is 443 g/mol. The van der Waals surface area contributed by atoms with Crippen molar-refractivity contribution in [2.24, 2.45) is 0 Å². The fraction of sp³-hybridized carbons (Fsp3) is 0.450. The van der Waals surface area contributed by atoms with Crippen molar-refractivity contribution in [3.05, 3.63) is 34.4 Å². The molecule has 2 saturated heterocycles. The summed E-state index contributed by atoms with van der Waals surface area (Å²) in [5.41, 5.74) is 0.688. The third-order valence-electron chi connectivity index (χ3n) is 5.42. The number of nitrogens with one attached hydrogen (secondary N) is 3. The van der Waals surface area contributed by atoms with Gasteiger partial charge in [0.2, 0.25) is 5.95 Å². The van der Waals surface area contributed by atoms with Crippen molar-refractivity contribution in [3.63, 3.8) is 0 Å². The Kier molecular flexibility index (Phi) is 6.71. The van der Waals surface area contributed by atoms with E-state index in [-0.39, 0.29) is 29.8 Å². The van der Waals surface area contributed by atoms with Crippen LogP contribution in [0.5, 0.6) is 0 Å². The minimum atomic E-state index is -0.347. The lowest BCUT2D eigenvalue weighted by Gasteiger charge is -2.29. The van der Waals surface area contributed by atoms with Crippen LogP contribution < -0.4 is 21.1 Å². The third-order valence-corrected chi connectivity index (χ3v) is 6.47. The van der Waals surface area contributed by atoms with Crippen LogP contribution in [0, 0.1) is 5.82 Å². The summed E-state index contributed by atoms with van der Waals surface area (Å²) in [7, 11) is 0. The number of H-pyrrole nitrogens is 1. The van der Waals surface area contributed by atoms with E-state index >= 15 is 0 Å².